The molecule has 0 bridgehead atoms. The molecule has 2 heterocycles. The summed E-state index contributed by atoms with van der Waals surface area (Å²) in [4.78, 5) is 1.13. The highest BCUT2D eigenvalue weighted by atomic mass is 79.9. The fourth-order valence-corrected chi connectivity index (χ4v) is 3.47. The first-order valence-corrected chi connectivity index (χ1v) is 6.81. The number of rotatable bonds is 2. The van der Waals surface area contributed by atoms with Crippen LogP contribution in [0.3, 0.4) is 0 Å². The summed E-state index contributed by atoms with van der Waals surface area (Å²) in [6, 6.07) is 2.06. The van der Waals surface area contributed by atoms with Crippen molar-refractivity contribution >= 4 is 49.0 Å². The molecule has 3 nitrogen and oxygen atoms in total. The van der Waals surface area contributed by atoms with Gasteiger partial charge in [0.1, 0.15) is 5.82 Å². The fourth-order valence-electron chi connectivity index (χ4n) is 1.41. The normalized spacial score (nSPS) is 10.9. The second-order valence-electron chi connectivity index (χ2n) is 3.05. The van der Waals surface area contributed by atoms with Crippen molar-refractivity contribution in [3.8, 4) is 10.6 Å². The summed E-state index contributed by atoms with van der Waals surface area (Å²) >= 11 is 8.59. The van der Waals surface area contributed by atoms with Gasteiger partial charge in [0, 0.05) is 10.0 Å². The number of nitrogen functional groups attached to an aromatic ring is 1. The third-order valence-corrected chi connectivity index (χ3v) is 5.42. The van der Waals surface area contributed by atoms with Crippen molar-refractivity contribution in [2.75, 3.05) is 5.73 Å². The van der Waals surface area contributed by atoms with Crippen molar-refractivity contribution in [1.82, 2.24) is 10.2 Å². The maximum Gasteiger partial charge on any atom is 0.149 e. The number of nitrogens with zero attached hydrogens (tertiary/aromatic N) is 1. The smallest absolute Gasteiger partial charge is 0.149 e. The summed E-state index contributed by atoms with van der Waals surface area (Å²) in [6.45, 7) is 2.07. The van der Waals surface area contributed by atoms with E-state index < -0.39 is 0 Å². The van der Waals surface area contributed by atoms with E-state index in [-0.39, 0.29) is 0 Å². The number of halogens is 2. The molecule has 0 amide bonds. The monoisotopic (exact) mass is 349 g/mol. The quantitative estimate of drug-likeness (QED) is 0.865. The van der Waals surface area contributed by atoms with Crippen molar-refractivity contribution in [2.45, 2.75) is 13.3 Å². The molecular formula is C9H9Br2N3S. The lowest BCUT2D eigenvalue weighted by Gasteiger charge is -1.96. The van der Waals surface area contributed by atoms with Crippen LogP contribution in [-0.2, 0) is 6.42 Å². The summed E-state index contributed by atoms with van der Waals surface area (Å²) in [6.07, 6.45) is 0.880. The molecule has 2 rings (SSSR count). The molecule has 0 unspecified atom stereocenters. The first-order valence-electron chi connectivity index (χ1n) is 4.41. The van der Waals surface area contributed by atoms with Crippen LogP contribution in [0, 0.1) is 0 Å². The Bertz CT molecular complexity index is 470. The van der Waals surface area contributed by atoms with Crippen molar-refractivity contribution in [2.24, 2.45) is 0 Å². The van der Waals surface area contributed by atoms with Gasteiger partial charge in [-0.25, -0.2) is 0 Å². The molecule has 0 atom stereocenters. The summed E-state index contributed by atoms with van der Waals surface area (Å²) in [7, 11) is 0. The largest absolute Gasteiger partial charge is 0.382 e. The minimum atomic E-state index is 0.591. The van der Waals surface area contributed by atoms with Gasteiger partial charge in [0.25, 0.3) is 0 Å². The maximum absolute atomic E-state index is 5.77. The van der Waals surface area contributed by atoms with Crippen molar-refractivity contribution in [3.05, 3.63) is 19.9 Å². The van der Waals surface area contributed by atoms with Gasteiger partial charge in [0.15, 0.2) is 0 Å². The van der Waals surface area contributed by atoms with E-state index in [1.54, 1.807) is 11.3 Å². The van der Waals surface area contributed by atoms with E-state index in [2.05, 4.69) is 55.0 Å². The number of nitrogens with two attached hydrogens (primary N) is 1. The molecule has 6 heteroatoms. The molecule has 80 valence electrons. The van der Waals surface area contributed by atoms with Crippen molar-refractivity contribution < 1.29 is 0 Å². The van der Waals surface area contributed by atoms with E-state index in [9.17, 15) is 0 Å². The van der Waals surface area contributed by atoms with Crippen LogP contribution >= 0.6 is 43.2 Å². The Morgan fingerprint density at radius 1 is 1.53 bits per heavy atom. The predicted octanol–water partition coefficient (Wildman–Crippen LogP) is 3.81. The highest BCUT2D eigenvalue weighted by Gasteiger charge is 2.14. The van der Waals surface area contributed by atoms with Crippen LogP contribution in [0.4, 0.5) is 5.82 Å². The number of aromatic amines is 1. The van der Waals surface area contributed by atoms with E-state index in [4.69, 9.17) is 5.73 Å². The molecule has 0 aliphatic carbocycles. The Labute approximate surface area is 108 Å². The number of thiophene rings is 1. The van der Waals surface area contributed by atoms with Gasteiger partial charge in [-0.1, -0.05) is 6.92 Å². The molecule has 3 N–H and O–H groups in total. The standard InChI is InChI=1S/C9H9Br2N3S/c1-2-4-7(13-14-9(4)12)6-3-5(10)8(11)15-6/h3H,2H2,1H3,(H3,12,13,14). The van der Waals surface area contributed by atoms with Gasteiger partial charge in [0.2, 0.25) is 0 Å². The lowest BCUT2D eigenvalue weighted by molar-refractivity contribution is 1.11. The van der Waals surface area contributed by atoms with E-state index in [0.29, 0.717) is 5.82 Å². The summed E-state index contributed by atoms with van der Waals surface area (Å²) in [5, 5.41) is 7.01. The first-order chi connectivity index (χ1) is 7.13. The molecule has 0 aliphatic rings. The van der Waals surface area contributed by atoms with Crippen LogP contribution < -0.4 is 5.73 Å². The minimum Gasteiger partial charge on any atom is -0.382 e. The average Bonchev–Trinajstić information content (AvgIpc) is 2.71. The Morgan fingerprint density at radius 3 is 2.80 bits per heavy atom. The Morgan fingerprint density at radius 2 is 2.27 bits per heavy atom. The zero-order chi connectivity index (χ0) is 11.0. The number of hydrogen-bond donors (Lipinski definition) is 2. The lowest BCUT2D eigenvalue weighted by Crippen LogP contribution is -1.90. The predicted molar refractivity (Wildman–Crippen MR) is 71.1 cm³/mol. The van der Waals surface area contributed by atoms with Crippen LogP contribution in [0.15, 0.2) is 14.3 Å². The van der Waals surface area contributed by atoms with Crippen LogP contribution in [-0.4, -0.2) is 10.2 Å². The van der Waals surface area contributed by atoms with Gasteiger partial charge < -0.3 is 5.73 Å². The van der Waals surface area contributed by atoms with Gasteiger partial charge in [-0.3, -0.25) is 5.10 Å². The Hall–Kier alpha value is -0.330. The van der Waals surface area contributed by atoms with Crippen LogP contribution in [0.2, 0.25) is 0 Å². The molecular weight excluding hydrogens is 342 g/mol. The van der Waals surface area contributed by atoms with Gasteiger partial charge in [-0.15, -0.1) is 11.3 Å². The highest BCUT2D eigenvalue weighted by Crippen LogP contribution is 2.39. The zero-order valence-electron chi connectivity index (χ0n) is 7.97. The van der Waals surface area contributed by atoms with E-state index in [1.807, 2.05) is 0 Å². The van der Waals surface area contributed by atoms with Crippen LogP contribution in [0.5, 0.6) is 0 Å². The lowest BCUT2D eigenvalue weighted by atomic mass is 10.1. The van der Waals surface area contributed by atoms with Gasteiger partial charge in [-0.2, -0.15) is 5.10 Å². The van der Waals surface area contributed by atoms with Crippen LogP contribution in [0.25, 0.3) is 10.6 Å². The third-order valence-electron chi connectivity index (χ3n) is 2.14. The zero-order valence-corrected chi connectivity index (χ0v) is 12.0. The summed E-state index contributed by atoms with van der Waals surface area (Å²) in [5.74, 6) is 0.591. The average molecular weight is 351 g/mol. The molecule has 0 saturated heterocycles. The fraction of sp³-hybridized carbons (Fsp3) is 0.222. The SMILES string of the molecule is CCc1c(N)n[nH]c1-c1cc(Br)c(Br)s1. The second kappa shape index (κ2) is 4.27. The number of hydrogen-bond acceptors (Lipinski definition) is 3. The molecule has 0 radical (unpaired) electrons. The summed E-state index contributed by atoms with van der Waals surface area (Å²) in [5.41, 5.74) is 7.87. The topological polar surface area (TPSA) is 54.7 Å². The first kappa shape index (κ1) is 11.2. The maximum atomic E-state index is 5.77. The van der Waals surface area contributed by atoms with E-state index >= 15 is 0 Å². The van der Waals surface area contributed by atoms with E-state index in [0.717, 1.165) is 30.8 Å². The minimum absolute atomic E-state index is 0.591. The van der Waals surface area contributed by atoms with Gasteiger partial charge in [0.05, 0.1) is 14.4 Å². The molecule has 15 heavy (non-hydrogen) atoms. The molecule has 0 fully saturated rings. The molecule has 0 aliphatic heterocycles. The third kappa shape index (κ3) is 1.98. The molecule has 2 aromatic heterocycles. The number of anilines is 1. The number of nitrogens with one attached hydrogen (secondary N) is 1. The second-order valence-corrected chi connectivity index (χ2v) is 6.27. The number of aromatic nitrogens is 2. The molecule has 0 saturated carbocycles. The van der Waals surface area contributed by atoms with Gasteiger partial charge >= 0.3 is 0 Å². The van der Waals surface area contributed by atoms with Crippen LogP contribution in [0.1, 0.15) is 12.5 Å². The molecule has 2 aromatic rings. The molecule has 0 aromatic carbocycles. The molecule has 0 spiro atoms. The number of H-pyrrole nitrogens is 1. The van der Waals surface area contributed by atoms with E-state index in [1.165, 1.54) is 0 Å². The van der Waals surface area contributed by atoms with Crippen molar-refractivity contribution in [1.29, 1.82) is 0 Å². The Kier molecular flexibility index (Phi) is 3.18. The highest BCUT2D eigenvalue weighted by molar-refractivity contribution is 9.13. The Balaban J connectivity index is 2.53. The van der Waals surface area contributed by atoms with Gasteiger partial charge in [-0.05, 0) is 44.3 Å². The van der Waals surface area contributed by atoms with Crippen molar-refractivity contribution in [3.63, 3.8) is 0 Å². The summed E-state index contributed by atoms with van der Waals surface area (Å²) < 4.78 is 2.13.